The minimum atomic E-state index is -1.13. The van der Waals surface area contributed by atoms with Crippen molar-refractivity contribution in [3.63, 3.8) is 0 Å². The molecule has 11 saturated heterocycles. The SMILES string of the molecule is CC(=O)N[C@H](C)[C@H]1C(=O)N2C(C(=O)O)=C(S[C@@H]3CN[C@H](C(=O)N(C)C)C3)[C@H](C)[C@@H]12.CCCC(=O)NC(C)C1C(=O)N2C(C(=O)O)=C(SC3CNC(C(=O)N4CC[C@@H](N)C4)C3)[C@H](C)[C@H]12.C[C@@H](CC(=O)Cn1cnnn1)[C@H]1C(=O)N2C(C(=O)O)=C(S[C@@H]3CN[C@H](C(=O)C4CCC5CNCCC54)C3)[C@H](C)[C@H]12.C[C@@H](CC(=O)Cn1cnnn1)[C@H]1C(=O)N2C(C(=O)O)=C(S[C@@H]3CN[C@H](C(=O)N4CC[C@@H](N)C4)C3)[C@H](C)[C@H]12. The van der Waals surface area contributed by atoms with Crippen molar-refractivity contribution in [2.24, 2.45) is 88.4 Å². The summed E-state index contributed by atoms with van der Waals surface area (Å²) in [5.41, 5.74) is 12.1. The summed E-state index contributed by atoms with van der Waals surface area (Å²) in [7, 11) is 3.42. The van der Waals surface area contributed by atoms with Crippen LogP contribution in [0.4, 0.5) is 0 Å². The van der Waals surface area contributed by atoms with E-state index in [2.05, 4.69) is 68.3 Å². The van der Waals surface area contributed by atoms with Gasteiger partial charge < -0.3 is 103 Å². The molecule has 12 fully saturated rings. The number of aliphatic carboxylic acids is 4. The quantitative estimate of drug-likeness (QED) is 0.0408. The van der Waals surface area contributed by atoms with Gasteiger partial charge in [-0.2, -0.15) is 0 Å². The monoisotopic (exact) mass is 2020 g/mol. The number of nitrogens with two attached hydrogens (primary N) is 2. The number of Topliss-reactive ketones (excluding diaryl/α,β-unsaturated/α-hetero) is 3. The topological polar surface area (TPSA) is 600 Å². The molecular weight excluding hydrogens is 1890 g/mol. The molecule has 0 bridgehead atoms. The standard InChI is InChI=1S/C27H37N7O5S.C23H32N8O5S.C23H35N5O5S.C19H28N4O5S/c1-13(7-16(35)11-33-12-30-31-32-33)21-22-14(2)25(23(27(38)39)34(22)26(21)37)40-17-8-20(29-10-17)24(36)19-4-3-15-9-28-6-5-18(15)19;1-11(5-14(32)9-30-10-26-27-28-30)17-18-12(2)20(19(23(35)36)31(18)22(17)34)37-15-6-16(25-7-15)21(33)29-4-3-13(24)8-29;1-4-5-16(29)26-12(3)17-18-11(2)20(19(23(32)33)28(18)22(17)31)34-14-8-15(25-9-14)21(30)27-7-6-13(24)10-27;1-8-14-13(9(2)21-10(3)24)18(26)23(14)15(19(27)28)16(8)29-11-6-12(20-7-11)17(25)22(4)5/h12-15,17-22,28-29H,3-11H2,1-2H3,(H,38,39);10-13,15-18,25H,3-9,24H2,1-2H3,(H,35,36);11-15,17-18,25H,4-10,24H2,1-3H3,(H,26,29)(H,32,33);8-9,11-14,20H,6-7H2,1-5H3,(H,21,24)(H,27,28)/t13-,14+,15?,17-,18?,19?,20-,21+,22+;11-,12+,13+,15-,16-,17+,18+;11-,12?,13-,14?,15?,17?,18-;8-,9-,11+,12+,13-,14+/m0011/s1. The molecule has 2 aromatic rings. The second-order valence-electron chi connectivity index (χ2n) is 40.8. The third-order valence-corrected chi connectivity index (χ3v) is 37.1. The molecule has 1 saturated carbocycles. The molecular formula is C92H132N24O20S4. The first kappa shape index (κ1) is 105. The lowest BCUT2D eigenvalue weighted by atomic mass is 9.73. The van der Waals surface area contributed by atoms with E-state index in [0.717, 1.165) is 51.6 Å². The lowest BCUT2D eigenvalue weighted by Gasteiger charge is -2.47. The molecule has 17 heterocycles. The van der Waals surface area contributed by atoms with E-state index < -0.39 is 47.5 Å². The van der Waals surface area contributed by atoms with Gasteiger partial charge in [0.1, 0.15) is 48.5 Å². The Balaban J connectivity index is 0.000000142. The molecule has 15 N–H and O–H groups in total. The van der Waals surface area contributed by atoms with Crippen molar-refractivity contribution in [3.05, 3.63) is 55.1 Å². The van der Waals surface area contributed by atoms with E-state index in [9.17, 15) is 97.1 Å². The maximum atomic E-state index is 13.5. The fourth-order valence-electron chi connectivity index (χ4n) is 24.4. The van der Waals surface area contributed by atoms with Crippen LogP contribution in [0.15, 0.2) is 55.1 Å². The van der Waals surface area contributed by atoms with Gasteiger partial charge in [-0.25, -0.2) is 28.5 Å². The van der Waals surface area contributed by atoms with Crippen molar-refractivity contribution in [1.82, 2.24) is 112 Å². The maximum absolute atomic E-state index is 13.5. The highest BCUT2D eigenvalue weighted by molar-refractivity contribution is 8.04. The van der Waals surface area contributed by atoms with Crippen LogP contribution in [0.5, 0.6) is 0 Å². The average Bonchev–Trinajstić information content (AvgIpc) is 1.56. The predicted octanol–water partition coefficient (Wildman–Crippen LogP) is -0.302. The lowest BCUT2D eigenvalue weighted by Crippen LogP contribution is -2.66. The summed E-state index contributed by atoms with van der Waals surface area (Å²) in [5, 5.41) is 83.9. The molecule has 140 heavy (non-hydrogen) atoms. The average molecular weight is 2020 g/mol. The first-order chi connectivity index (χ1) is 66.6. The number of carboxylic acid groups (broad SMARTS) is 4. The Morgan fingerprint density at radius 2 is 0.857 bits per heavy atom. The minimum Gasteiger partial charge on any atom is -0.477 e. The molecule has 1 aliphatic carbocycles. The number of nitrogens with zero attached hydrogens (tertiary/aromatic N) is 15. The van der Waals surface area contributed by atoms with Crippen molar-refractivity contribution >= 4 is 141 Å². The van der Waals surface area contributed by atoms with Gasteiger partial charge in [0.25, 0.3) is 0 Å². The zero-order chi connectivity index (χ0) is 101. The number of carbonyl (C=O) groups excluding carboxylic acids is 12. The zero-order valence-electron chi connectivity index (χ0n) is 80.9. The molecule has 2 aromatic heterocycles. The van der Waals surface area contributed by atoms with Gasteiger partial charge in [0.2, 0.25) is 53.2 Å². The number of aromatic nitrogens is 8. The number of hydrogen-bond acceptors (Lipinski definition) is 33. The van der Waals surface area contributed by atoms with Crippen molar-refractivity contribution in [1.29, 1.82) is 0 Å². The number of carbonyl (C=O) groups is 16. The highest BCUT2D eigenvalue weighted by Gasteiger charge is 2.66. The number of thioether (sulfide) groups is 4. The number of fused-ring (bicyclic) bond motifs is 5. The van der Waals surface area contributed by atoms with E-state index >= 15 is 0 Å². The molecule has 9 amide bonds. The molecule has 48 heteroatoms. The van der Waals surface area contributed by atoms with E-state index in [0.29, 0.717) is 122 Å². The summed E-state index contributed by atoms with van der Waals surface area (Å²) in [6.07, 6.45) is 11.4. The number of tetrazole rings is 2. The fourth-order valence-corrected chi connectivity index (χ4v) is 30.3. The van der Waals surface area contributed by atoms with Gasteiger partial charge >= 0.3 is 23.9 Å². The fraction of sp³-hybridized carbons (Fsp3) is 0.717. The van der Waals surface area contributed by atoms with Crippen LogP contribution in [0.2, 0.25) is 0 Å². The Kier molecular flexibility index (Phi) is 32.8. The van der Waals surface area contributed by atoms with Crippen LogP contribution < -0.4 is 48.7 Å². The van der Waals surface area contributed by atoms with E-state index in [-0.39, 0.29) is 248 Å². The Morgan fingerprint density at radius 3 is 1.21 bits per heavy atom. The Hall–Kier alpha value is -9.66. The van der Waals surface area contributed by atoms with Gasteiger partial charge in [-0.3, -0.25) is 57.5 Å². The second-order valence-corrected chi connectivity index (χ2v) is 46.2. The van der Waals surface area contributed by atoms with Crippen LogP contribution in [-0.2, 0) is 89.8 Å². The van der Waals surface area contributed by atoms with E-state index in [1.165, 1.54) is 95.6 Å². The first-order valence-corrected chi connectivity index (χ1v) is 52.5. The molecule has 29 atom stereocenters. The highest BCUT2D eigenvalue weighted by atomic mass is 32.2. The minimum absolute atomic E-state index is 0.00296. The molecule has 16 aliphatic rings. The van der Waals surface area contributed by atoms with Crippen LogP contribution in [0.25, 0.3) is 0 Å². The van der Waals surface area contributed by atoms with Crippen molar-refractivity contribution in [2.75, 3.05) is 79.5 Å². The van der Waals surface area contributed by atoms with Crippen molar-refractivity contribution in [2.45, 2.75) is 259 Å². The summed E-state index contributed by atoms with van der Waals surface area (Å²) in [6.45, 7) is 25.4. The predicted molar refractivity (Wildman–Crippen MR) is 511 cm³/mol. The number of likely N-dealkylation sites (N-methyl/N-ethyl adjacent to an activating group) is 1. The molecule has 0 spiro atoms. The molecule has 0 aromatic carbocycles. The molecule has 7 unspecified atom stereocenters. The van der Waals surface area contributed by atoms with Crippen LogP contribution in [0.1, 0.15) is 153 Å². The Morgan fingerprint density at radius 1 is 0.493 bits per heavy atom. The van der Waals surface area contributed by atoms with E-state index in [1.807, 2.05) is 55.4 Å². The third kappa shape index (κ3) is 21.2. The van der Waals surface area contributed by atoms with Gasteiger partial charge in [0.15, 0.2) is 17.3 Å². The first-order valence-electron chi connectivity index (χ1n) is 49.0. The van der Waals surface area contributed by atoms with Crippen LogP contribution in [0, 0.1) is 76.9 Å². The molecule has 0 radical (unpaired) electrons. The van der Waals surface area contributed by atoms with Crippen LogP contribution in [-0.4, -0.2) is 363 Å². The number of carboxylic acids is 4. The zero-order valence-corrected chi connectivity index (χ0v) is 84.2. The van der Waals surface area contributed by atoms with Gasteiger partial charge in [0.05, 0.1) is 72.0 Å². The largest absolute Gasteiger partial charge is 0.477 e. The number of piperidine rings is 1. The second kappa shape index (κ2) is 43.9. The number of hydrogen-bond donors (Lipinski definition) is 13. The summed E-state index contributed by atoms with van der Waals surface area (Å²) in [4.78, 5) is 214. The summed E-state index contributed by atoms with van der Waals surface area (Å²) in [6, 6.07) is -2.89. The van der Waals surface area contributed by atoms with Crippen molar-refractivity contribution in [3.8, 4) is 0 Å². The van der Waals surface area contributed by atoms with Gasteiger partial charge in [-0.05, 0) is 136 Å². The van der Waals surface area contributed by atoms with Gasteiger partial charge in [0, 0.05) is 187 Å². The van der Waals surface area contributed by atoms with Crippen LogP contribution >= 0.6 is 47.0 Å². The van der Waals surface area contributed by atoms with E-state index in [1.54, 1.807) is 35.7 Å². The van der Waals surface area contributed by atoms with Crippen LogP contribution in [0.3, 0.4) is 0 Å². The normalized spacial score (nSPS) is 33.5. The number of ketones is 3. The van der Waals surface area contributed by atoms with Gasteiger partial charge in [-0.15, -0.1) is 57.2 Å². The van der Waals surface area contributed by atoms with Crippen molar-refractivity contribution < 1.29 is 97.1 Å². The lowest BCUT2D eigenvalue weighted by molar-refractivity contribution is -0.160. The third-order valence-electron chi connectivity index (χ3n) is 31.0. The molecule has 18 rings (SSSR count). The molecule has 15 aliphatic heterocycles. The smallest absolute Gasteiger partial charge is 0.353 e. The number of amides is 9. The summed E-state index contributed by atoms with van der Waals surface area (Å²) < 4.78 is 2.69. The number of likely N-dealkylation sites (tertiary alicyclic amines) is 2. The Bertz CT molecular complexity index is 5300. The van der Waals surface area contributed by atoms with Gasteiger partial charge in [-0.1, -0.05) is 48.5 Å². The molecule has 764 valence electrons. The van der Waals surface area contributed by atoms with E-state index in [4.69, 9.17) is 11.5 Å². The number of β-lactam (4-membered cyclic amide) rings is 4. The summed E-state index contributed by atoms with van der Waals surface area (Å²) >= 11 is 5.89. The summed E-state index contributed by atoms with van der Waals surface area (Å²) in [5.74, 6) is -7.19. The number of nitrogens with one attached hydrogen (secondary N) is 7. The molecule has 44 nitrogen and oxygen atoms in total. The maximum Gasteiger partial charge on any atom is 0.353 e. The number of rotatable bonds is 33. The Labute approximate surface area is 828 Å². The highest BCUT2D eigenvalue weighted by Crippen LogP contribution is 2.58.